The first-order valence-electron chi connectivity index (χ1n) is 14.6. The molecule has 255 valence electrons. The van der Waals surface area contributed by atoms with E-state index >= 15 is 0 Å². The Bertz CT molecular complexity index is 2440. The number of nitrogens with two attached hydrogens (primary N) is 2. The summed E-state index contributed by atoms with van der Waals surface area (Å²) in [7, 11) is -6.27. The molecular formula is C34H28N6NaO8S2. The van der Waals surface area contributed by atoms with Crippen LogP contribution in [0.1, 0.15) is 0 Å². The van der Waals surface area contributed by atoms with Gasteiger partial charge in [-0.25, -0.2) is 0 Å². The van der Waals surface area contributed by atoms with Crippen molar-refractivity contribution in [2.75, 3.05) is 25.7 Å². The summed E-state index contributed by atoms with van der Waals surface area (Å²) in [6.07, 6.45) is 0. The summed E-state index contributed by atoms with van der Waals surface area (Å²) in [5.41, 5.74) is 15.0. The molecule has 0 saturated carbocycles. The number of nitrogen functional groups attached to an aromatic ring is 2. The molecule has 0 fully saturated rings. The largest absolute Gasteiger partial charge is 0.494 e. The molecule has 6 rings (SSSR count). The second kappa shape index (κ2) is 14.7. The first-order chi connectivity index (χ1) is 23.8. The van der Waals surface area contributed by atoms with Gasteiger partial charge in [-0.15, -0.1) is 20.5 Å². The maximum Gasteiger partial charge on any atom is 0.295 e. The van der Waals surface area contributed by atoms with Crippen LogP contribution in [-0.2, 0) is 20.2 Å². The number of hydrogen-bond donors (Lipinski definition) is 4. The third kappa shape index (κ3) is 7.57. The summed E-state index contributed by atoms with van der Waals surface area (Å²) < 4.78 is 79.1. The molecule has 1 radical (unpaired) electrons. The molecule has 0 amide bonds. The van der Waals surface area contributed by atoms with Crippen molar-refractivity contribution in [2.24, 2.45) is 20.5 Å². The smallest absolute Gasteiger partial charge is 0.295 e. The van der Waals surface area contributed by atoms with Crippen LogP contribution in [0.4, 0.5) is 34.1 Å². The maximum atomic E-state index is 12.1. The van der Waals surface area contributed by atoms with Crippen molar-refractivity contribution in [3.63, 3.8) is 0 Å². The van der Waals surface area contributed by atoms with Crippen molar-refractivity contribution >= 4 is 105 Å². The van der Waals surface area contributed by atoms with E-state index in [1.807, 2.05) is 0 Å². The molecule has 0 heterocycles. The van der Waals surface area contributed by atoms with E-state index in [1.165, 1.54) is 26.4 Å². The minimum atomic E-state index is -4.59. The second-order valence-corrected chi connectivity index (χ2v) is 13.6. The predicted molar refractivity (Wildman–Crippen MR) is 195 cm³/mol. The summed E-state index contributed by atoms with van der Waals surface area (Å²) >= 11 is 0. The number of rotatable bonds is 9. The molecule has 0 aliphatic heterocycles. The number of hydrogen-bond acceptors (Lipinski definition) is 12. The molecule has 51 heavy (non-hydrogen) atoms. The van der Waals surface area contributed by atoms with Gasteiger partial charge in [0.2, 0.25) is 0 Å². The molecule has 14 nitrogen and oxygen atoms in total. The van der Waals surface area contributed by atoms with E-state index in [2.05, 4.69) is 20.5 Å². The molecule has 0 aliphatic rings. The Morgan fingerprint density at radius 3 is 1.18 bits per heavy atom. The first kappa shape index (κ1) is 37.3. The van der Waals surface area contributed by atoms with E-state index in [-0.39, 0.29) is 72.9 Å². The SMILES string of the molecule is COc1cc(-c2ccc(N=Nc3cc(S(=O)(=O)O)c4ccccc4c3N)c(OC)c2)ccc1N=Nc1cc(S(=O)(=O)O)c2ccccc2c1N.[Na]. The number of ether oxygens (including phenoxy) is 2. The van der Waals surface area contributed by atoms with Gasteiger partial charge in [-0.1, -0.05) is 60.7 Å². The minimum Gasteiger partial charge on any atom is -0.494 e. The zero-order valence-electron chi connectivity index (χ0n) is 27.3. The normalized spacial score (nSPS) is 12.1. The third-order valence-electron chi connectivity index (χ3n) is 7.83. The van der Waals surface area contributed by atoms with Gasteiger partial charge in [-0.2, -0.15) is 16.8 Å². The quantitative estimate of drug-likeness (QED) is 0.0487. The Morgan fingerprint density at radius 2 is 0.843 bits per heavy atom. The molecule has 0 unspecified atom stereocenters. The van der Waals surface area contributed by atoms with E-state index in [9.17, 15) is 25.9 Å². The molecule has 0 bridgehead atoms. The number of azo groups is 2. The van der Waals surface area contributed by atoms with Crippen LogP contribution in [0.2, 0.25) is 0 Å². The van der Waals surface area contributed by atoms with Crippen molar-refractivity contribution in [3.05, 3.63) is 97.1 Å². The average Bonchev–Trinajstić information content (AvgIpc) is 3.10. The Kier molecular flexibility index (Phi) is 10.8. The van der Waals surface area contributed by atoms with Gasteiger partial charge in [-0.3, -0.25) is 9.11 Å². The third-order valence-corrected chi connectivity index (χ3v) is 9.62. The number of benzene rings is 6. The molecule has 6 aromatic carbocycles. The van der Waals surface area contributed by atoms with Crippen LogP contribution in [-0.4, -0.2) is 69.7 Å². The van der Waals surface area contributed by atoms with Gasteiger partial charge in [0.05, 0.1) is 25.6 Å². The van der Waals surface area contributed by atoms with Gasteiger partial charge in [0.15, 0.2) is 0 Å². The summed E-state index contributed by atoms with van der Waals surface area (Å²) in [6.45, 7) is 0. The molecule has 0 aliphatic carbocycles. The van der Waals surface area contributed by atoms with Crippen molar-refractivity contribution in [3.8, 4) is 22.6 Å². The van der Waals surface area contributed by atoms with Crippen LogP contribution < -0.4 is 20.9 Å². The van der Waals surface area contributed by atoms with Crippen LogP contribution in [0.25, 0.3) is 32.7 Å². The fourth-order valence-electron chi connectivity index (χ4n) is 5.39. The molecule has 0 saturated heterocycles. The van der Waals surface area contributed by atoms with E-state index in [0.717, 1.165) is 12.1 Å². The number of anilines is 2. The number of fused-ring (bicyclic) bond motifs is 2. The molecule has 17 heteroatoms. The van der Waals surface area contributed by atoms with Crippen LogP contribution in [0, 0.1) is 0 Å². The fourth-order valence-corrected chi connectivity index (χ4v) is 6.82. The zero-order chi connectivity index (χ0) is 35.8. The Labute approximate surface area is 314 Å². The first-order valence-corrected chi connectivity index (χ1v) is 17.5. The van der Waals surface area contributed by atoms with Crippen molar-refractivity contribution in [1.29, 1.82) is 0 Å². The summed E-state index contributed by atoms with van der Waals surface area (Å²) in [5.74, 6) is 0.675. The van der Waals surface area contributed by atoms with Crippen molar-refractivity contribution < 1.29 is 35.4 Å². The van der Waals surface area contributed by atoms with Gasteiger partial charge in [0.25, 0.3) is 20.2 Å². The van der Waals surface area contributed by atoms with Gasteiger partial charge in [-0.05, 0) is 47.5 Å². The van der Waals surface area contributed by atoms with Crippen LogP contribution in [0.5, 0.6) is 11.5 Å². The standard InChI is InChI=1S/C34H28N6O8S2.Na/c1-47-29-15-19(11-13-25(29)37-39-27-17-31(49(41,42)43)21-7-3-5-9-23(21)33(27)35)20-12-14-26(30(16-20)48-2)38-40-28-18-32(50(44,45)46)22-8-4-6-10-24(22)34(28)36;/h3-18H,35-36H2,1-2H3,(H,41,42,43)(H,44,45,46);. The van der Waals surface area contributed by atoms with E-state index in [4.69, 9.17) is 20.9 Å². The fraction of sp³-hybridized carbons (Fsp3) is 0.0588. The number of methoxy groups -OCH3 is 2. The zero-order valence-corrected chi connectivity index (χ0v) is 31.0. The second-order valence-electron chi connectivity index (χ2n) is 10.8. The van der Waals surface area contributed by atoms with Crippen LogP contribution in [0.3, 0.4) is 0 Å². The van der Waals surface area contributed by atoms with Gasteiger partial charge < -0.3 is 20.9 Å². The summed E-state index contributed by atoms with van der Waals surface area (Å²) in [6, 6.07) is 25.5. The molecule has 0 atom stereocenters. The van der Waals surface area contributed by atoms with Gasteiger partial charge >= 0.3 is 0 Å². The maximum absolute atomic E-state index is 12.1. The monoisotopic (exact) mass is 735 g/mol. The van der Waals surface area contributed by atoms with Crippen LogP contribution in [0.15, 0.2) is 127 Å². The molecule has 6 N–H and O–H groups in total. The molecule has 0 aromatic heterocycles. The Balaban J connectivity index is 0.00000504. The van der Waals surface area contributed by atoms with Crippen molar-refractivity contribution in [2.45, 2.75) is 9.79 Å². The van der Waals surface area contributed by atoms with E-state index in [0.29, 0.717) is 44.8 Å². The van der Waals surface area contributed by atoms with Crippen LogP contribution >= 0.6 is 0 Å². The van der Waals surface area contributed by atoms with E-state index in [1.54, 1.807) is 72.8 Å². The number of nitrogens with zero attached hydrogens (tertiary/aromatic N) is 4. The average molecular weight is 736 g/mol. The molecular weight excluding hydrogens is 708 g/mol. The summed E-state index contributed by atoms with van der Waals surface area (Å²) in [4.78, 5) is -0.696. The van der Waals surface area contributed by atoms with Gasteiger partial charge in [0.1, 0.15) is 44.0 Å². The predicted octanol–water partition coefficient (Wildman–Crippen LogP) is 7.79. The topological polar surface area (TPSA) is 229 Å². The molecule has 0 spiro atoms. The Hall–Kier alpha value is -4.94. The molecule has 6 aromatic rings. The Morgan fingerprint density at radius 1 is 0.510 bits per heavy atom. The van der Waals surface area contributed by atoms with Crippen molar-refractivity contribution in [1.82, 2.24) is 0 Å². The van der Waals surface area contributed by atoms with Gasteiger partial charge in [0, 0.05) is 51.1 Å². The van der Waals surface area contributed by atoms with E-state index < -0.39 is 20.2 Å². The minimum absolute atomic E-state index is 0. The summed E-state index contributed by atoms with van der Waals surface area (Å²) in [5, 5.41) is 18.1.